The molecule has 0 spiro atoms. The molecule has 0 N–H and O–H groups in total. The van der Waals surface area contributed by atoms with E-state index in [-0.39, 0.29) is 0 Å². The summed E-state index contributed by atoms with van der Waals surface area (Å²) in [7, 11) is 0. The maximum atomic E-state index is 2.46. The lowest BCUT2D eigenvalue weighted by atomic mass is 9.73. The molecule has 0 radical (unpaired) electrons. The van der Waals surface area contributed by atoms with Crippen molar-refractivity contribution >= 4 is 0 Å². The number of rotatable bonds is 2. The number of allylic oxidation sites excluding steroid dienone is 2. The first-order valence-electron chi connectivity index (χ1n) is 5.06. The van der Waals surface area contributed by atoms with E-state index in [1.165, 1.54) is 6.42 Å². The molecular formula is C12H22. The fourth-order valence-electron chi connectivity index (χ4n) is 1.80. The molecule has 1 aliphatic carbocycles. The summed E-state index contributed by atoms with van der Waals surface area (Å²) in [6.45, 7) is 14.0. The van der Waals surface area contributed by atoms with Gasteiger partial charge in [-0.3, -0.25) is 0 Å². The van der Waals surface area contributed by atoms with Crippen LogP contribution in [0, 0.1) is 16.7 Å². The monoisotopic (exact) mass is 166 g/mol. The van der Waals surface area contributed by atoms with Crippen molar-refractivity contribution in [3.63, 3.8) is 0 Å². The van der Waals surface area contributed by atoms with Gasteiger partial charge in [0.15, 0.2) is 0 Å². The van der Waals surface area contributed by atoms with Crippen molar-refractivity contribution < 1.29 is 0 Å². The van der Waals surface area contributed by atoms with Crippen molar-refractivity contribution in [2.24, 2.45) is 16.7 Å². The third kappa shape index (κ3) is 1.32. The van der Waals surface area contributed by atoms with Crippen molar-refractivity contribution in [3.8, 4) is 0 Å². The van der Waals surface area contributed by atoms with Gasteiger partial charge in [0.25, 0.3) is 0 Å². The van der Waals surface area contributed by atoms with E-state index >= 15 is 0 Å². The Kier molecular flexibility index (Phi) is 2.14. The normalized spacial score (nSPS) is 31.3. The number of hydrogen-bond acceptors (Lipinski definition) is 0. The van der Waals surface area contributed by atoms with Crippen LogP contribution in [-0.2, 0) is 0 Å². The van der Waals surface area contributed by atoms with Gasteiger partial charge in [0, 0.05) is 5.41 Å². The molecule has 0 aromatic rings. The van der Waals surface area contributed by atoms with Crippen LogP contribution in [0.2, 0.25) is 0 Å². The Morgan fingerprint density at radius 3 is 2.17 bits per heavy atom. The predicted molar refractivity (Wildman–Crippen MR) is 55.1 cm³/mol. The first-order chi connectivity index (χ1) is 5.33. The van der Waals surface area contributed by atoms with Crippen molar-refractivity contribution in [2.45, 2.75) is 48.0 Å². The quantitative estimate of drug-likeness (QED) is 0.543. The molecule has 2 unspecified atom stereocenters. The standard InChI is InChI=1S/C12H22/c1-7-9(2)10-8-12(10,6)11(3,4)5/h8-9H,7H2,1-6H3. The summed E-state index contributed by atoms with van der Waals surface area (Å²) in [5, 5.41) is 0. The average Bonchev–Trinajstić information content (AvgIpc) is 2.61. The summed E-state index contributed by atoms with van der Waals surface area (Å²) >= 11 is 0. The second-order valence-corrected chi connectivity index (χ2v) is 5.36. The van der Waals surface area contributed by atoms with Gasteiger partial charge in [0.1, 0.15) is 0 Å². The first kappa shape index (κ1) is 9.83. The molecule has 0 bridgehead atoms. The van der Waals surface area contributed by atoms with Crippen LogP contribution in [0.4, 0.5) is 0 Å². The van der Waals surface area contributed by atoms with Crippen LogP contribution in [-0.4, -0.2) is 0 Å². The molecule has 0 saturated carbocycles. The van der Waals surface area contributed by atoms with Crippen molar-refractivity contribution in [3.05, 3.63) is 11.6 Å². The van der Waals surface area contributed by atoms with E-state index in [4.69, 9.17) is 0 Å². The Balaban J connectivity index is 2.64. The molecule has 0 heteroatoms. The highest BCUT2D eigenvalue weighted by Gasteiger charge is 2.49. The molecule has 0 fully saturated rings. The molecule has 0 aromatic heterocycles. The maximum Gasteiger partial charge on any atom is 0.0117 e. The molecule has 0 amide bonds. The fraction of sp³-hybridized carbons (Fsp3) is 0.833. The molecule has 0 nitrogen and oxygen atoms in total. The summed E-state index contributed by atoms with van der Waals surface area (Å²) < 4.78 is 0. The van der Waals surface area contributed by atoms with Crippen molar-refractivity contribution in [2.75, 3.05) is 0 Å². The molecule has 1 aliphatic rings. The number of hydrogen-bond donors (Lipinski definition) is 0. The van der Waals surface area contributed by atoms with Gasteiger partial charge in [-0.2, -0.15) is 0 Å². The van der Waals surface area contributed by atoms with Gasteiger partial charge < -0.3 is 0 Å². The third-order valence-electron chi connectivity index (χ3n) is 3.66. The Bertz CT molecular complexity index is 205. The lowest BCUT2D eigenvalue weighted by Crippen LogP contribution is -2.23. The minimum absolute atomic E-state index is 0.408. The summed E-state index contributed by atoms with van der Waals surface area (Å²) in [5.41, 5.74) is 2.51. The highest BCUT2D eigenvalue weighted by atomic mass is 14.5. The average molecular weight is 166 g/mol. The topological polar surface area (TPSA) is 0 Å². The zero-order chi connectivity index (χ0) is 9.57. The SMILES string of the molecule is CCC(C)C1=CC1(C)C(C)(C)C. The van der Waals surface area contributed by atoms with Crippen LogP contribution in [0.25, 0.3) is 0 Å². The minimum Gasteiger partial charge on any atom is -0.0737 e. The minimum atomic E-state index is 0.408. The first-order valence-corrected chi connectivity index (χ1v) is 5.06. The van der Waals surface area contributed by atoms with Crippen molar-refractivity contribution in [1.29, 1.82) is 0 Å². The lowest BCUT2D eigenvalue weighted by molar-refractivity contribution is 0.248. The van der Waals surface area contributed by atoms with Crippen LogP contribution >= 0.6 is 0 Å². The van der Waals surface area contributed by atoms with Crippen molar-refractivity contribution in [1.82, 2.24) is 0 Å². The van der Waals surface area contributed by atoms with Gasteiger partial charge in [0.05, 0.1) is 0 Å². The van der Waals surface area contributed by atoms with Gasteiger partial charge in [0.2, 0.25) is 0 Å². The van der Waals surface area contributed by atoms with E-state index in [9.17, 15) is 0 Å². The van der Waals surface area contributed by atoms with E-state index in [1.54, 1.807) is 5.57 Å². The fourth-order valence-corrected chi connectivity index (χ4v) is 1.80. The molecule has 0 aliphatic heterocycles. The van der Waals surface area contributed by atoms with E-state index in [0.717, 1.165) is 5.92 Å². The Labute approximate surface area is 77.1 Å². The Morgan fingerprint density at radius 2 is 1.92 bits per heavy atom. The summed E-state index contributed by atoms with van der Waals surface area (Å²) in [4.78, 5) is 0. The molecule has 70 valence electrons. The van der Waals surface area contributed by atoms with E-state index < -0.39 is 0 Å². The Hall–Kier alpha value is -0.260. The predicted octanol–water partition coefficient (Wildman–Crippen LogP) is 4.02. The largest absolute Gasteiger partial charge is 0.0737 e. The molecule has 2 atom stereocenters. The molecule has 0 aromatic carbocycles. The van der Waals surface area contributed by atoms with E-state index in [2.05, 4.69) is 47.6 Å². The van der Waals surface area contributed by atoms with Gasteiger partial charge in [-0.15, -0.1) is 0 Å². The molecular weight excluding hydrogens is 144 g/mol. The zero-order valence-electron chi connectivity index (χ0n) is 9.36. The molecule has 0 heterocycles. The van der Waals surface area contributed by atoms with Gasteiger partial charge >= 0.3 is 0 Å². The summed E-state index contributed by atoms with van der Waals surface area (Å²) in [6.07, 6.45) is 3.73. The van der Waals surface area contributed by atoms with Crippen LogP contribution in [0.1, 0.15) is 48.0 Å². The highest BCUT2D eigenvalue weighted by molar-refractivity contribution is 5.41. The van der Waals surface area contributed by atoms with E-state index in [0.29, 0.717) is 10.8 Å². The lowest BCUT2D eigenvalue weighted by Gasteiger charge is -2.31. The zero-order valence-corrected chi connectivity index (χ0v) is 9.36. The molecule has 1 rings (SSSR count). The molecule has 12 heavy (non-hydrogen) atoms. The smallest absolute Gasteiger partial charge is 0.0117 e. The Morgan fingerprint density at radius 1 is 1.42 bits per heavy atom. The highest BCUT2D eigenvalue weighted by Crippen LogP contribution is 2.59. The molecule has 0 saturated heterocycles. The second-order valence-electron chi connectivity index (χ2n) is 5.36. The van der Waals surface area contributed by atoms with Crippen LogP contribution in [0.3, 0.4) is 0 Å². The van der Waals surface area contributed by atoms with Gasteiger partial charge in [-0.25, -0.2) is 0 Å². The van der Waals surface area contributed by atoms with E-state index in [1.807, 2.05) is 0 Å². The third-order valence-corrected chi connectivity index (χ3v) is 3.66. The van der Waals surface area contributed by atoms with Crippen LogP contribution in [0.15, 0.2) is 11.6 Å². The van der Waals surface area contributed by atoms with Crippen LogP contribution < -0.4 is 0 Å². The van der Waals surface area contributed by atoms with Gasteiger partial charge in [-0.05, 0) is 17.8 Å². The maximum absolute atomic E-state index is 2.46. The van der Waals surface area contributed by atoms with Crippen LogP contribution in [0.5, 0.6) is 0 Å². The second kappa shape index (κ2) is 2.61. The summed E-state index contributed by atoms with van der Waals surface area (Å²) in [6, 6.07) is 0. The summed E-state index contributed by atoms with van der Waals surface area (Å²) in [5.74, 6) is 0.786. The van der Waals surface area contributed by atoms with Gasteiger partial charge in [-0.1, -0.05) is 53.2 Å².